The predicted octanol–water partition coefficient (Wildman–Crippen LogP) is 13.0. The third-order valence-electron chi connectivity index (χ3n) is 11.3. The summed E-state index contributed by atoms with van der Waals surface area (Å²) in [5.74, 6) is -1.52. The summed E-state index contributed by atoms with van der Waals surface area (Å²) in [5, 5.41) is 0. The van der Waals surface area contributed by atoms with Crippen LogP contribution in [0.25, 0.3) is 0 Å². The van der Waals surface area contributed by atoms with Crippen molar-refractivity contribution >= 4 is 24.1 Å². The summed E-state index contributed by atoms with van der Waals surface area (Å²) in [7, 11) is 0. The smallest absolute Gasteiger partial charge is 0.465 e. The van der Waals surface area contributed by atoms with Gasteiger partial charge in [0.2, 0.25) is 0 Å². The molecule has 0 amide bonds. The first-order valence-electron chi connectivity index (χ1n) is 26.2. The molecule has 1 unspecified atom stereocenters. The number of carbonyl (C=O) groups is 4. The van der Waals surface area contributed by atoms with Gasteiger partial charge in [-0.25, -0.2) is 4.79 Å². The van der Waals surface area contributed by atoms with Crippen molar-refractivity contribution in [2.75, 3.05) is 65.9 Å². The van der Waals surface area contributed by atoms with Gasteiger partial charge in [-0.2, -0.15) is 0 Å². The minimum absolute atomic E-state index is 0.0662. The molecule has 0 aliphatic carbocycles. The van der Waals surface area contributed by atoms with E-state index in [-0.39, 0.29) is 51.2 Å². The van der Waals surface area contributed by atoms with E-state index in [0.29, 0.717) is 45.5 Å². The highest BCUT2D eigenvalue weighted by Crippen LogP contribution is 2.14. The Morgan fingerprint density at radius 1 is 0.438 bits per heavy atom. The lowest BCUT2D eigenvalue weighted by molar-refractivity contribution is -0.161. The van der Waals surface area contributed by atoms with Gasteiger partial charge in [0.15, 0.2) is 6.29 Å². The van der Waals surface area contributed by atoms with Crippen LogP contribution in [0.1, 0.15) is 221 Å². The van der Waals surface area contributed by atoms with Crippen molar-refractivity contribution in [2.45, 2.75) is 227 Å². The van der Waals surface area contributed by atoms with E-state index in [1.165, 1.54) is 89.9 Å². The topological polar surface area (TPSA) is 136 Å². The summed E-state index contributed by atoms with van der Waals surface area (Å²) >= 11 is 0. The molecule has 0 radical (unpaired) electrons. The Labute approximate surface area is 391 Å². The first-order chi connectivity index (χ1) is 31.3. The van der Waals surface area contributed by atoms with Crippen LogP contribution in [0, 0.1) is 5.92 Å². The normalized spacial score (nSPS) is 12.0. The Morgan fingerprint density at radius 3 is 1.42 bits per heavy atom. The van der Waals surface area contributed by atoms with Crippen LogP contribution >= 0.6 is 0 Å². The molecule has 0 aromatic rings. The summed E-state index contributed by atoms with van der Waals surface area (Å²) in [6, 6.07) is 0. The molecule has 0 rings (SSSR count). The number of ether oxygens (including phenoxy) is 7. The second-order valence-electron chi connectivity index (χ2n) is 17.2. The fraction of sp³-hybridized carbons (Fsp3) is 0.885. The minimum Gasteiger partial charge on any atom is -0.465 e. The Bertz CT molecular complexity index is 1080. The standard InChI is InChI=1S/C52H97NO11/c1-6-11-14-17-20-26-31-40-58-48(54)35-29-24-23-25-30-36-49(55)62-44-47(46-64-52(57)61-43-34-39-53(9-4)10-5)45-63-50(56)37-38-51(59-41-32-27-21-18-15-12-7-2)60-42-33-28-22-19-16-13-8-3/h26,31,47,51H,6-25,27-30,32-46H2,1-5H3. The van der Waals surface area contributed by atoms with Crippen molar-refractivity contribution in [2.24, 2.45) is 5.92 Å². The number of esters is 3. The van der Waals surface area contributed by atoms with Gasteiger partial charge in [0, 0.05) is 39.0 Å². The number of nitrogens with zero attached hydrogens (tertiary/aromatic N) is 1. The summed E-state index contributed by atoms with van der Waals surface area (Å²) in [5.41, 5.74) is 0. The fourth-order valence-electron chi connectivity index (χ4n) is 7.08. The highest BCUT2D eigenvalue weighted by molar-refractivity contribution is 5.70. The van der Waals surface area contributed by atoms with Gasteiger partial charge < -0.3 is 38.1 Å². The van der Waals surface area contributed by atoms with E-state index in [1.807, 2.05) is 6.08 Å². The molecule has 64 heavy (non-hydrogen) atoms. The molecule has 0 aromatic heterocycles. The van der Waals surface area contributed by atoms with Gasteiger partial charge in [-0.15, -0.1) is 0 Å². The van der Waals surface area contributed by atoms with Gasteiger partial charge in [0.25, 0.3) is 0 Å². The number of hydrogen-bond donors (Lipinski definition) is 0. The first kappa shape index (κ1) is 61.3. The number of allylic oxidation sites excluding steroid dienone is 1. The predicted molar refractivity (Wildman–Crippen MR) is 257 cm³/mol. The van der Waals surface area contributed by atoms with Crippen LogP contribution in [0.4, 0.5) is 4.79 Å². The summed E-state index contributed by atoms with van der Waals surface area (Å²) in [4.78, 5) is 52.4. The van der Waals surface area contributed by atoms with E-state index in [4.69, 9.17) is 33.2 Å². The van der Waals surface area contributed by atoms with E-state index < -0.39 is 24.3 Å². The zero-order valence-electron chi connectivity index (χ0n) is 41.8. The van der Waals surface area contributed by atoms with Crippen molar-refractivity contribution < 1.29 is 52.3 Å². The third kappa shape index (κ3) is 43.2. The van der Waals surface area contributed by atoms with E-state index >= 15 is 0 Å². The Balaban J connectivity index is 4.87. The summed E-state index contributed by atoms with van der Waals surface area (Å²) in [6.07, 6.45) is 31.1. The van der Waals surface area contributed by atoms with Crippen molar-refractivity contribution in [1.82, 2.24) is 4.90 Å². The number of carbonyl (C=O) groups excluding carboxylic acids is 4. The van der Waals surface area contributed by atoms with Gasteiger partial charge in [-0.3, -0.25) is 14.4 Å². The minimum atomic E-state index is -0.806. The van der Waals surface area contributed by atoms with Crippen molar-refractivity contribution in [3.63, 3.8) is 0 Å². The van der Waals surface area contributed by atoms with E-state index in [1.54, 1.807) is 0 Å². The molecule has 0 saturated carbocycles. The van der Waals surface area contributed by atoms with E-state index in [2.05, 4.69) is 45.6 Å². The van der Waals surface area contributed by atoms with Gasteiger partial charge in [-0.05, 0) is 58.0 Å². The van der Waals surface area contributed by atoms with Crippen molar-refractivity contribution in [3.8, 4) is 0 Å². The van der Waals surface area contributed by atoms with E-state index in [0.717, 1.165) is 77.4 Å². The number of hydrogen-bond acceptors (Lipinski definition) is 12. The lowest BCUT2D eigenvalue weighted by Gasteiger charge is -2.20. The Hall–Kier alpha value is -2.70. The summed E-state index contributed by atoms with van der Waals surface area (Å²) < 4.78 is 39.4. The van der Waals surface area contributed by atoms with Crippen LogP contribution < -0.4 is 0 Å². The van der Waals surface area contributed by atoms with Gasteiger partial charge >= 0.3 is 24.1 Å². The lowest BCUT2D eigenvalue weighted by atomic mass is 10.1. The number of rotatable bonds is 48. The Kier molecular flexibility index (Phi) is 46.2. The third-order valence-corrected chi connectivity index (χ3v) is 11.3. The molecule has 0 aliphatic heterocycles. The first-order valence-corrected chi connectivity index (χ1v) is 26.2. The maximum atomic E-state index is 13.0. The van der Waals surface area contributed by atoms with Crippen LogP contribution in [-0.2, 0) is 47.5 Å². The van der Waals surface area contributed by atoms with Crippen molar-refractivity contribution in [1.29, 1.82) is 0 Å². The zero-order chi connectivity index (χ0) is 47.0. The van der Waals surface area contributed by atoms with Crippen LogP contribution in [0.15, 0.2) is 12.2 Å². The average Bonchev–Trinajstić information content (AvgIpc) is 3.29. The molecule has 1 atom stereocenters. The maximum Gasteiger partial charge on any atom is 0.508 e. The van der Waals surface area contributed by atoms with Crippen molar-refractivity contribution in [3.05, 3.63) is 12.2 Å². The molecule has 0 fully saturated rings. The van der Waals surface area contributed by atoms with Gasteiger partial charge in [0.1, 0.15) is 26.4 Å². The Morgan fingerprint density at radius 2 is 0.891 bits per heavy atom. The second-order valence-corrected chi connectivity index (χ2v) is 17.2. The number of unbranched alkanes of at least 4 members (excludes halogenated alkanes) is 20. The zero-order valence-corrected chi connectivity index (χ0v) is 41.8. The molecule has 0 spiro atoms. The molecule has 0 N–H and O–H groups in total. The lowest BCUT2D eigenvalue weighted by Crippen LogP contribution is -2.28. The monoisotopic (exact) mass is 912 g/mol. The SMILES string of the molecule is CCCCCCC=CCOC(=O)CCCCCCCC(=O)OCC(COC(=O)CCC(OCCCCCCCCC)OCCCCCCCCC)COC(=O)OCCCN(CC)CC. The van der Waals surface area contributed by atoms with E-state index in [9.17, 15) is 19.2 Å². The van der Waals surface area contributed by atoms with Crippen LogP contribution in [0.3, 0.4) is 0 Å². The summed E-state index contributed by atoms with van der Waals surface area (Å²) in [6.45, 7) is 15.0. The van der Waals surface area contributed by atoms with Gasteiger partial charge in [0.05, 0.1) is 18.9 Å². The van der Waals surface area contributed by atoms with Crippen LogP contribution in [0.2, 0.25) is 0 Å². The molecular weight excluding hydrogens is 815 g/mol. The van der Waals surface area contributed by atoms with Gasteiger partial charge in [-0.1, -0.05) is 162 Å². The molecule has 12 heteroatoms. The molecule has 12 nitrogen and oxygen atoms in total. The molecule has 376 valence electrons. The fourth-order valence-corrected chi connectivity index (χ4v) is 7.08. The van der Waals surface area contributed by atoms with Crippen LogP contribution in [-0.4, -0.2) is 101 Å². The molecule has 0 heterocycles. The molecule has 0 aliphatic rings. The molecule has 0 bridgehead atoms. The molecule has 0 saturated heterocycles. The highest BCUT2D eigenvalue weighted by atomic mass is 16.7. The van der Waals surface area contributed by atoms with Crippen LogP contribution in [0.5, 0.6) is 0 Å². The maximum absolute atomic E-state index is 13.0. The molecule has 0 aromatic carbocycles. The largest absolute Gasteiger partial charge is 0.508 e. The quantitative estimate of drug-likeness (QED) is 0.0189. The highest BCUT2D eigenvalue weighted by Gasteiger charge is 2.20. The second kappa shape index (κ2) is 48.2. The average molecular weight is 912 g/mol. The molecular formula is C52H97NO11.